The van der Waals surface area contributed by atoms with Gasteiger partial charge in [-0.1, -0.05) is 0 Å². The molecule has 0 radical (unpaired) electrons. The molecular weight excluding hydrogens is 282 g/mol. The highest BCUT2D eigenvalue weighted by molar-refractivity contribution is 8.00. The summed E-state index contributed by atoms with van der Waals surface area (Å²) in [6, 6.07) is 3.48. The average Bonchev–Trinajstić information content (AvgIpc) is 3.04. The predicted octanol–water partition coefficient (Wildman–Crippen LogP) is 2.47. The molecule has 1 fully saturated rings. The monoisotopic (exact) mass is 297 g/mol. The lowest BCUT2D eigenvalue weighted by Crippen LogP contribution is -2.29. The molecule has 1 aromatic rings. The third-order valence-corrected chi connectivity index (χ3v) is 5.20. The SMILES string of the molecule is O=C(O)/C=C/c1ccc(C(=O)NCC2CCCS2)s1. The van der Waals surface area contributed by atoms with Crippen molar-refractivity contribution in [1.82, 2.24) is 5.32 Å². The molecular formula is C13H15NO3S2. The van der Waals surface area contributed by atoms with Gasteiger partial charge in [0.2, 0.25) is 0 Å². The van der Waals surface area contributed by atoms with E-state index in [2.05, 4.69) is 5.32 Å². The second-order valence-electron chi connectivity index (χ2n) is 4.22. The van der Waals surface area contributed by atoms with Crippen LogP contribution in [0.1, 0.15) is 27.4 Å². The van der Waals surface area contributed by atoms with E-state index in [9.17, 15) is 9.59 Å². The van der Waals surface area contributed by atoms with Gasteiger partial charge in [0.05, 0.1) is 4.88 Å². The van der Waals surface area contributed by atoms with Gasteiger partial charge in [0.25, 0.3) is 5.91 Å². The van der Waals surface area contributed by atoms with Crippen LogP contribution in [0.4, 0.5) is 0 Å². The molecule has 1 aliphatic rings. The summed E-state index contributed by atoms with van der Waals surface area (Å²) >= 11 is 3.20. The molecule has 1 atom stereocenters. The van der Waals surface area contributed by atoms with E-state index in [4.69, 9.17) is 5.11 Å². The van der Waals surface area contributed by atoms with Crippen molar-refractivity contribution < 1.29 is 14.7 Å². The summed E-state index contributed by atoms with van der Waals surface area (Å²) in [5, 5.41) is 12.0. The lowest BCUT2D eigenvalue weighted by Gasteiger charge is -2.08. The van der Waals surface area contributed by atoms with Crippen LogP contribution >= 0.6 is 23.1 Å². The van der Waals surface area contributed by atoms with Crippen molar-refractivity contribution in [3.63, 3.8) is 0 Å². The van der Waals surface area contributed by atoms with Gasteiger partial charge in [0.1, 0.15) is 0 Å². The Labute approximate surface area is 119 Å². The Bertz CT molecular complexity index is 490. The maximum absolute atomic E-state index is 11.9. The summed E-state index contributed by atoms with van der Waals surface area (Å²) in [5.74, 6) is 0.120. The molecule has 4 nitrogen and oxygen atoms in total. The molecule has 0 saturated carbocycles. The lowest BCUT2D eigenvalue weighted by molar-refractivity contribution is -0.131. The average molecular weight is 297 g/mol. The Morgan fingerprint density at radius 1 is 1.47 bits per heavy atom. The Balaban J connectivity index is 1.86. The zero-order chi connectivity index (χ0) is 13.7. The van der Waals surface area contributed by atoms with Crippen LogP contribution in [-0.2, 0) is 4.79 Å². The Morgan fingerprint density at radius 3 is 3.00 bits per heavy atom. The van der Waals surface area contributed by atoms with Gasteiger partial charge in [0, 0.05) is 22.7 Å². The molecule has 0 spiro atoms. The van der Waals surface area contributed by atoms with Crippen molar-refractivity contribution in [2.24, 2.45) is 0 Å². The molecule has 0 aliphatic carbocycles. The fourth-order valence-electron chi connectivity index (χ4n) is 1.82. The van der Waals surface area contributed by atoms with Gasteiger partial charge in [0.15, 0.2) is 0 Å². The van der Waals surface area contributed by atoms with E-state index in [1.807, 2.05) is 11.8 Å². The number of hydrogen-bond donors (Lipinski definition) is 2. The van der Waals surface area contributed by atoms with Crippen LogP contribution in [0.5, 0.6) is 0 Å². The summed E-state index contributed by atoms with van der Waals surface area (Å²) in [7, 11) is 0. The number of hydrogen-bond acceptors (Lipinski definition) is 4. The third-order valence-electron chi connectivity index (χ3n) is 2.76. The predicted molar refractivity (Wildman–Crippen MR) is 78.8 cm³/mol. The Hall–Kier alpha value is -1.27. The first-order chi connectivity index (χ1) is 9.15. The number of carboxylic acid groups (broad SMARTS) is 1. The van der Waals surface area contributed by atoms with Crippen LogP contribution in [0.15, 0.2) is 18.2 Å². The fourth-order valence-corrected chi connectivity index (χ4v) is 3.85. The first kappa shape index (κ1) is 14.1. The van der Waals surface area contributed by atoms with Crippen molar-refractivity contribution in [1.29, 1.82) is 0 Å². The van der Waals surface area contributed by atoms with Crippen molar-refractivity contribution in [3.05, 3.63) is 28.0 Å². The molecule has 1 saturated heterocycles. The van der Waals surface area contributed by atoms with Gasteiger partial charge in [-0.3, -0.25) is 4.79 Å². The standard InChI is InChI=1S/C13H15NO3S2/c15-12(16)6-4-9-3-5-11(19-9)13(17)14-8-10-2-1-7-18-10/h3-6,10H,1-2,7-8H2,(H,14,17)(H,15,16)/b6-4+. The highest BCUT2D eigenvalue weighted by Crippen LogP contribution is 2.25. The number of carbonyl (C=O) groups is 2. The molecule has 6 heteroatoms. The molecule has 102 valence electrons. The van der Waals surface area contributed by atoms with Crippen LogP contribution in [0.3, 0.4) is 0 Å². The van der Waals surface area contributed by atoms with Crippen molar-refractivity contribution in [2.75, 3.05) is 12.3 Å². The molecule has 1 aliphatic heterocycles. The van der Waals surface area contributed by atoms with Crippen molar-refractivity contribution in [2.45, 2.75) is 18.1 Å². The first-order valence-corrected chi connectivity index (χ1v) is 7.92. The summed E-state index contributed by atoms with van der Waals surface area (Å²) in [4.78, 5) is 23.7. The summed E-state index contributed by atoms with van der Waals surface area (Å²) in [6.45, 7) is 0.710. The van der Waals surface area contributed by atoms with E-state index in [1.165, 1.54) is 36.0 Å². The molecule has 1 unspecified atom stereocenters. The van der Waals surface area contributed by atoms with Gasteiger partial charge in [-0.25, -0.2) is 4.79 Å². The van der Waals surface area contributed by atoms with Crippen LogP contribution in [0.25, 0.3) is 6.08 Å². The maximum atomic E-state index is 11.9. The number of aliphatic carboxylic acids is 1. The number of carboxylic acids is 1. The number of thioether (sulfide) groups is 1. The van der Waals surface area contributed by atoms with E-state index in [0.29, 0.717) is 16.7 Å². The third kappa shape index (κ3) is 4.40. The summed E-state index contributed by atoms with van der Waals surface area (Å²) < 4.78 is 0. The molecule has 2 N–H and O–H groups in total. The van der Waals surface area contributed by atoms with Crippen LogP contribution in [0.2, 0.25) is 0 Å². The number of rotatable bonds is 5. The molecule has 1 aromatic heterocycles. The smallest absolute Gasteiger partial charge is 0.328 e. The maximum Gasteiger partial charge on any atom is 0.328 e. The second kappa shape index (κ2) is 6.77. The minimum Gasteiger partial charge on any atom is -0.478 e. The first-order valence-electron chi connectivity index (χ1n) is 6.06. The largest absolute Gasteiger partial charge is 0.478 e. The topological polar surface area (TPSA) is 66.4 Å². The highest BCUT2D eigenvalue weighted by atomic mass is 32.2. The van der Waals surface area contributed by atoms with Crippen LogP contribution < -0.4 is 5.32 Å². The van der Waals surface area contributed by atoms with E-state index in [-0.39, 0.29) is 5.91 Å². The van der Waals surface area contributed by atoms with Gasteiger partial charge in [-0.15, -0.1) is 11.3 Å². The zero-order valence-electron chi connectivity index (χ0n) is 10.3. The van der Waals surface area contributed by atoms with Gasteiger partial charge < -0.3 is 10.4 Å². The minimum absolute atomic E-state index is 0.0764. The number of thiophene rings is 1. The number of amides is 1. The highest BCUT2D eigenvalue weighted by Gasteiger charge is 2.17. The molecule has 19 heavy (non-hydrogen) atoms. The van der Waals surface area contributed by atoms with Crippen LogP contribution in [0, 0.1) is 0 Å². The molecule has 0 bridgehead atoms. The van der Waals surface area contributed by atoms with Gasteiger partial charge in [-0.2, -0.15) is 11.8 Å². The van der Waals surface area contributed by atoms with Crippen LogP contribution in [-0.4, -0.2) is 34.5 Å². The van der Waals surface area contributed by atoms with Gasteiger partial charge in [-0.05, 0) is 36.8 Å². The van der Waals surface area contributed by atoms with E-state index in [0.717, 1.165) is 11.0 Å². The summed E-state index contributed by atoms with van der Waals surface area (Å²) in [5.41, 5.74) is 0. The molecule has 1 amide bonds. The van der Waals surface area contributed by atoms with Crippen molar-refractivity contribution in [3.8, 4) is 0 Å². The van der Waals surface area contributed by atoms with E-state index >= 15 is 0 Å². The van der Waals surface area contributed by atoms with E-state index < -0.39 is 5.97 Å². The Morgan fingerprint density at radius 2 is 2.32 bits per heavy atom. The molecule has 2 heterocycles. The summed E-state index contributed by atoms with van der Waals surface area (Å²) in [6.07, 6.45) is 4.97. The molecule has 0 aromatic carbocycles. The van der Waals surface area contributed by atoms with Gasteiger partial charge >= 0.3 is 5.97 Å². The van der Waals surface area contributed by atoms with E-state index in [1.54, 1.807) is 12.1 Å². The lowest BCUT2D eigenvalue weighted by atomic mass is 10.2. The number of carbonyl (C=O) groups excluding carboxylic acids is 1. The second-order valence-corrected chi connectivity index (χ2v) is 6.74. The minimum atomic E-state index is -0.988. The zero-order valence-corrected chi connectivity index (χ0v) is 11.9. The Kier molecular flexibility index (Phi) is 5.04. The fraction of sp³-hybridized carbons (Fsp3) is 0.385. The quantitative estimate of drug-likeness (QED) is 0.819. The number of nitrogens with one attached hydrogen (secondary N) is 1. The normalized spacial score (nSPS) is 18.8. The molecule has 2 rings (SSSR count). The van der Waals surface area contributed by atoms with Crippen molar-refractivity contribution >= 4 is 41.1 Å².